The third-order valence-electron chi connectivity index (χ3n) is 5.61. The van der Waals surface area contributed by atoms with E-state index in [2.05, 4.69) is 15.5 Å². The maximum Gasteiger partial charge on any atom is 0.296 e. The molecule has 1 amide bonds. The van der Waals surface area contributed by atoms with Crippen molar-refractivity contribution in [2.75, 3.05) is 11.9 Å². The third kappa shape index (κ3) is 5.44. The van der Waals surface area contributed by atoms with Crippen molar-refractivity contribution >= 4 is 67.1 Å². The largest absolute Gasteiger partial charge is 0.505 e. The molecule has 0 aromatic heterocycles. The minimum atomic E-state index is -4.53. The maximum absolute atomic E-state index is 13.3. The molecule has 0 aliphatic rings. The van der Waals surface area contributed by atoms with E-state index < -0.39 is 26.7 Å². The van der Waals surface area contributed by atoms with Crippen molar-refractivity contribution in [1.82, 2.24) is 0 Å². The molecule has 0 radical (unpaired) electrons. The van der Waals surface area contributed by atoms with Gasteiger partial charge >= 0.3 is 0 Å². The number of fused-ring (bicyclic) bond motifs is 1. The first-order valence-electron chi connectivity index (χ1n) is 11.2. The fourth-order valence-corrected chi connectivity index (χ4v) is 5.02. The van der Waals surface area contributed by atoms with E-state index in [9.17, 15) is 22.9 Å². The molecule has 0 aliphatic heterocycles. The molecule has 0 saturated carbocycles. The molecular weight excluding hydrogens is 553 g/mol. The molecule has 0 fully saturated rings. The smallest absolute Gasteiger partial charge is 0.296 e. The zero-order valence-corrected chi connectivity index (χ0v) is 22.4. The summed E-state index contributed by atoms with van der Waals surface area (Å²) in [5.41, 5.74) is 0.604. The second kappa shape index (κ2) is 11.0. The molecule has 0 spiro atoms. The number of nitrogens with one attached hydrogen (secondary N) is 1. The highest BCUT2D eigenvalue weighted by Gasteiger charge is 2.22. The third-order valence-corrected chi connectivity index (χ3v) is 7.42. The van der Waals surface area contributed by atoms with Crippen molar-refractivity contribution in [2.45, 2.75) is 18.7 Å². The number of amides is 1. The zero-order chi connectivity index (χ0) is 27.6. The van der Waals surface area contributed by atoms with Crippen LogP contribution >= 0.6 is 23.2 Å². The molecule has 4 aromatic carbocycles. The van der Waals surface area contributed by atoms with Crippen molar-refractivity contribution < 1.29 is 27.6 Å². The number of carbonyl (C=O) groups excluding carboxylic acids is 1. The molecule has 0 unspecified atom stereocenters. The SMILES string of the molecule is CCOc1cccc(Cl)c1NC(=O)c1cc2ccccc2c(N=Nc2ccc(S(=O)(=O)O)c(Cl)c2C)c1O. The number of benzene rings is 4. The Hall–Kier alpha value is -3.70. The molecule has 0 bridgehead atoms. The van der Waals surface area contributed by atoms with Crippen LogP contribution in [0.25, 0.3) is 10.8 Å². The average molecular weight is 574 g/mol. The summed E-state index contributed by atoms with van der Waals surface area (Å²) in [7, 11) is -4.53. The first-order chi connectivity index (χ1) is 18.0. The Balaban J connectivity index is 1.80. The Labute approximate surface area is 228 Å². The Kier molecular flexibility index (Phi) is 7.89. The molecule has 4 rings (SSSR count). The quantitative estimate of drug-likeness (QED) is 0.155. The van der Waals surface area contributed by atoms with Gasteiger partial charge in [0, 0.05) is 5.39 Å². The van der Waals surface area contributed by atoms with E-state index in [1.54, 1.807) is 49.4 Å². The minimum Gasteiger partial charge on any atom is -0.505 e. The van der Waals surface area contributed by atoms with Crippen LogP contribution in [0.15, 0.2) is 75.8 Å². The number of halogens is 2. The number of nitrogens with zero attached hydrogens (tertiary/aromatic N) is 2. The summed E-state index contributed by atoms with van der Waals surface area (Å²) in [5.74, 6) is -0.724. The van der Waals surface area contributed by atoms with Crippen LogP contribution in [0.3, 0.4) is 0 Å². The van der Waals surface area contributed by atoms with Crippen molar-refractivity contribution in [1.29, 1.82) is 0 Å². The summed E-state index contributed by atoms with van der Waals surface area (Å²) in [6, 6.07) is 15.8. The van der Waals surface area contributed by atoms with Gasteiger partial charge in [-0.15, -0.1) is 5.11 Å². The van der Waals surface area contributed by atoms with E-state index >= 15 is 0 Å². The number of phenolic OH excluding ortho intramolecular Hbond substituents is 1. The number of rotatable bonds is 7. The summed E-state index contributed by atoms with van der Waals surface area (Å²) in [5, 5.41) is 23.3. The van der Waals surface area contributed by atoms with E-state index in [1.165, 1.54) is 19.1 Å². The standard InChI is InChI=1S/C26H21Cl2N3O6S/c1-3-37-20-10-6-9-18(27)24(20)29-26(33)17-13-15-7-4-5-8-16(15)23(25(17)32)31-30-19-11-12-21(38(34,35)36)22(28)14(19)2/h4-13,32H,3H2,1-2H3,(H,29,33)(H,34,35,36). The van der Waals surface area contributed by atoms with E-state index in [1.807, 2.05) is 0 Å². The Morgan fingerprint density at radius 1 is 1.05 bits per heavy atom. The molecule has 9 nitrogen and oxygen atoms in total. The number of carbonyl (C=O) groups is 1. The highest BCUT2D eigenvalue weighted by atomic mass is 35.5. The number of azo groups is 1. The van der Waals surface area contributed by atoms with Gasteiger partial charge in [-0.05, 0) is 55.1 Å². The van der Waals surface area contributed by atoms with E-state index in [4.69, 9.17) is 27.9 Å². The van der Waals surface area contributed by atoms with Gasteiger partial charge in [-0.1, -0.05) is 53.5 Å². The highest BCUT2D eigenvalue weighted by molar-refractivity contribution is 7.86. The van der Waals surface area contributed by atoms with Crippen LogP contribution in [0.5, 0.6) is 11.5 Å². The van der Waals surface area contributed by atoms with Gasteiger partial charge in [-0.3, -0.25) is 9.35 Å². The fourth-order valence-electron chi connectivity index (χ4n) is 3.74. The van der Waals surface area contributed by atoms with Crippen LogP contribution in [-0.2, 0) is 10.1 Å². The number of anilines is 1. The lowest BCUT2D eigenvalue weighted by Gasteiger charge is -2.15. The predicted molar refractivity (Wildman–Crippen MR) is 146 cm³/mol. The van der Waals surface area contributed by atoms with Gasteiger partial charge in [0.15, 0.2) is 5.75 Å². The topological polar surface area (TPSA) is 138 Å². The van der Waals surface area contributed by atoms with Crippen LogP contribution in [-0.4, -0.2) is 30.6 Å². The van der Waals surface area contributed by atoms with Crippen molar-refractivity contribution in [3.63, 3.8) is 0 Å². The summed E-state index contributed by atoms with van der Waals surface area (Å²) in [6.07, 6.45) is 0. The summed E-state index contributed by atoms with van der Waals surface area (Å²) in [4.78, 5) is 12.8. The summed E-state index contributed by atoms with van der Waals surface area (Å²) >= 11 is 12.4. The number of hydrogen-bond donors (Lipinski definition) is 3. The molecule has 0 heterocycles. The number of phenols is 1. The number of hydrogen-bond acceptors (Lipinski definition) is 7. The number of aromatic hydroxyl groups is 1. The molecule has 3 N–H and O–H groups in total. The summed E-state index contributed by atoms with van der Waals surface area (Å²) in [6.45, 7) is 3.65. The lowest BCUT2D eigenvalue weighted by Crippen LogP contribution is -2.14. The van der Waals surface area contributed by atoms with E-state index in [-0.39, 0.29) is 38.2 Å². The molecule has 0 saturated heterocycles. The molecular formula is C26H21Cl2N3O6S. The zero-order valence-electron chi connectivity index (χ0n) is 20.1. The summed E-state index contributed by atoms with van der Waals surface area (Å²) < 4.78 is 38.0. The number of ether oxygens (including phenoxy) is 1. The lowest BCUT2D eigenvalue weighted by molar-refractivity contribution is 0.102. The van der Waals surface area contributed by atoms with Crippen LogP contribution in [0, 0.1) is 6.92 Å². The van der Waals surface area contributed by atoms with Gasteiger partial charge in [0.25, 0.3) is 16.0 Å². The monoisotopic (exact) mass is 573 g/mol. The van der Waals surface area contributed by atoms with Gasteiger partial charge in [0.05, 0.1) is 27.9 Å². The van der Waals surface area contributed by atoms with E-state index in [0.717, 1.165) is 6.07 Å². The maximum atomic E-state index is 13.3. The Morgan fingerprint density at radius 2 is 1.79 bits per heavy atom. The molecule has 0 atom stereocenters. The van der Waals surface area contributed by atoms with E-state index in [0.29, 0.717) is 23.1 Å². The minimum absolute atomic E-state index is 0.00631. The molecule has 38 heavy (non-hydrogen) atoms. The highest BCUT2D eigenvalue weighted by Crippen LogP contribution is 2.41. The van der Waals surface area contributed by atoms with Crippen LogP contribution in [0.2, 0.25) is 10.0 Å². The van der Waals surface area contributed by atoms with Crippen LogP contribution in [0.4, 0.5) is 17.1 Å². The van der Waals surface area contributed by atoms with Gasteiger partial charge < -0.3 is 15.2 Å². The molecule has 0 aliphatic carbocycles. The van der Waals surface area contributed by atoms with Gasteiger partial charge in [-0.2, -0.15) is 13.5 Å². The van der Waals surface area contributed by atoms with Crippen molar-refractivity contribution in [3.05, 3.63) is 81.8 Å². The molecule has 12 heteroatoms. The first kappa shape index (κ1) is 27.3. The molecule has 196 valence electrons. The fraction of sp³-hybridized carbons (Fsp3) is 0.115. The molecule has 4 aromatic rings. The van der Waals surface area contributed by atoms with Crippen LogP contribution in [0.1, 0.15) is 22.8 Å². The van der Waals surface area contributed by atoms with Gasteiger partial charge in [0.1, 0.15) is 22.0 Å². The number of para-hydroxylation sites is 1. The van der Waals surface area contributed by atoms with Gasteiger partial charge in [-0.25, -0.2) is 0 Å². The average Bonchev–Trinajstić information content (AvgIpc) is 2.87. The Morgan fingerprint density at radius 3 is 2.50 bits per heavy atom. The first-order valence-corrected chi connectivity index (χ1v) is 13.4. The predicted octanol–water partition coefficient (Wildman–Crippen LogP) is 7.47. The second-order valence-corrected chi connectivity index (χ2v) is 10.2. The van der Waals surface area contributed by atoms with Crippen molar-refractivity contribution in [2.24, 2.45) is 10.2 Å². The second-order valence-electron chi connectivity index (χ2n) is 8.04. The van der Waals surface area contributed by atoms with Crippen LogP contribution < -0.4 is 10.1 Å². The Bertz CT molecular complexity index is 1710. The normalized spacial score (nSPS) is 11.7. The van der Waals surface area contributed by atoms with Crippen molar-refractivity contribution in [3.8, 4) is 11.5 Å². The van der Waals surface area contributed by atoms with Gasteiger partial charge in [0.2, 0.25) is 0 Å². The lowest BCUT2D eigenvalue weighted by atomic mass is 10.0.